The van der Waals surface area contributed by atoms with Gasteiger partial charge in [0.1, 0.15) is 6.61 Å². The smallest absolute Gasteiger partial charge is 0.106 e. The number of allylic oxidation sites excluding steroid dienone is 2. The van der Waals surface area contributed by atoms with Gasteiger partial charge in [-0.05, 0) is 12.2 Å². The molecule has 1 heterocycles. The molecule has 9 heavy (non-hydrogen) atoms. The molecule has 0 radical (unpaired) electrons. The molecule has 0 saturated heterocycles. The number of rotatable bonds is 0. The van der Waals surface area contributed by atoms with Crippen LogP contribution < -0.4 is 11.7 Å². The number of ether oxygens (including phenoxy) is 1. The summed E-state index contributed by atoms with van der Waals surface area (Å²) >= 11 is 0. The first-order valence-electron chi connectivity index (χ1n) is 2.27. The maximum absolute atomic E-state index is 4.80. The van der Waals surface area contributed by atoms with Crippen LogP contribution in [0.1, 0.15) is 0 Å². The molecule has 0 aromatic carbocycles. The molecular weight excluding hydrogens is 120 g/mol. The monoisotopic (exact) mass is 132 g/mol. The Kier molecular flexibility index (Phi) is 12.5. The van der Waals surface area contributed by atoms with Crippen LogP contribution >= 0.6 is 0 Å². The van der Waals surface area contributed by atoms with Crippen LogP contribution in [0.2, 0.25) is 0 Å². The molecule has 0 bridgehead atoms. The molecule has 0 atom stereocenters. The Morgan fingerprint density at radius 3 is 2.00 bits per heavy atom. The summed E-state index contributed by atoms with van der Waals surface area (Å²) in [7, 11) is 0. The van der Waals surface area contributed by atoms with Gasteiger partial charge in [0.05, 0.1) is 6.26 Å². The van der Waals surface area contributed by atoms with Gasteiger partial charge >= 0.3 is 0 Å². The predicted octanol–water partition coefficient (Wildman–Crippen LogP) is -0.919. The van der Waals surface area contributed by atoms with Crippen molar-refractivity contribution in [3.63, 3.8) is 0 Å². The summed E-state index contributed by atoms with van der Waals surface area (Å²) in [5.74, 6) is 8.00. The van der Waals surface area contributed by atoms with Crippen molar-refractivity contribution in [2.75, 3.05) is 6.61 Å². The van der Waals surface area contributed by atoms with Crippen LogP contribution in [0.3, 0.4) is 0 Å². The van der Waals surface area contributed by atoms with Crippen LogP contribution in [-0.2, 0) is 4.74 Å². The largest absolute Gasteiger partial charge is 0.497 e. The second kappa shape index (κ2) is 10.2. The minimum Gasteiger partial charge on any atom is -0.497 e. The van der Waals surface area contributed by atoms with E-state index in [0.717, 1.165) is 6.61 Å². The van der Waals surface area contributed by atoms with Gasteiger partial charge < -0.3 is 10.2 Å². The molecule has 1 rings (SSSR count). The molecule has 1 aliphatic heterocycles. The second-order valence-corrected chi connectivity index (χ2v) is 1.09. The van der Waals surface area contributed by atoms with Crippen molar-refractivity contribution in [3.8, 4) is 0 Å². The Morgan fingerprint density at radius 2 is 1.89 bits per heavy atom. The third-order valence-electron chi connectivity index (χ3n) is 0.614. The molecule has 4 nitrogen and oxygen atoms in total. The van der Waals surface area contributed by atoms with Gasteiger partial charge in [-0.1, -0.05) is 6.08 Å². The van der Waals surface area contributed by atoms with E-state index < -0.39 is 0 Å². The zero-order valence-corrected chi connectivity index (χ0v) is 5.08. The molecule has 6 N–H and O–H groups in total. The minimum absolute atomic E-state index is 0. The quantitative estimate of drug-likeness (QED) is 0.330. The van der Waals surface area contributed by atoms with Crippen molar-refractivity contribution >= 4 is 0 Å². The lowest BCUT2D eigenvalue weighted by atomic mass is 10.5. The highest BCUT2D eigenvalue weighted by Gasteiger charge is 1.75. The Balaban J connectivity index is 0. The fourth-order valence-corrected chi connectivity index (χ4v) is 0.346. The third-order valence-corrected chi connectivity index (χ3v) is 0.614. The number of nitrogens with two attached hydrogens (primary N) is 2. The molecule has 0 spiro atoms. The van der Waals surface area contributed by atoms with E-state index in [-0.39, 0.29) is 5.48 Å². The standard InChI is InChI=1S/C5H6O.H4N2.H2O/c1-2-4-6-5-3-1;1-2;/h1-4H,5H2;1-2H2;1H2. The molecule has 4 heteroatoms. The van der Waals surface area contributed by atoms with Gasteiger partial charge in [-0.25, -0.2) is 0 Å². The number of hydrogen-bond acceptors (Lipinski definition) is 3. The third kappa shape index (κ3) is 7.16. The molecule has 1 aliphatic rings. The maximum Gasteiger partial charge on any atom is 0.106 e. The molecule has 0 fully saturated rings. The lowest BCUT2D eigenvalue weighted by Gasteiger charge is -1.94. The van der Waals surface area contributed by atoms with Crippen LogP contribution in [0, 0.1) is 0 Å². The van der Waals surface area contributed by atoms with E-state index in [1.807, 2.05) is 18.2 Å². The topological polar surface area (TPSA) is 92.8 Å². The first-order valence-corrected chi connectivity index (χ1v) is 2.27. The van der Waals surface area contributed by atoms with Gasteiger partial charge in [0, 0.05) is 0 Å². The van der Waals surface area contributed by atoms with Crippen LogP contribution in [-0.4, -0.2) is 12.1 Å². The average Bonchev–Trinajstić information content (AvgIpc) is 1.96. The van der Waals surface area contributed by atoms with E-state index in [1.165, 1.54) is 0 Å². The molecule has 0 aromatic rings. The van der Waals surface area contributed by atoms with Crippen molar-refractivity contribution in [2.24, 2.45) is 11.7 Å². The van der Waals surface area contributed by atoms with Crippen molar-refractivity contribution in [1.29, 1.82) is 0 Å². The highest BCUT2D eigenvalue weighted by Crippen LogP contribution is 1.87. The van der Waals surface area contributed by atoms with Gasteiger partial charge in [0.25, 0.3) is 0 Å². The van der Waals surface area contributed by atoms with Crippen molar-refractivity contribution < 1.29 is 10.2 Å². The minimum atomic E-state index is 0. The van der Waals surface area contributed by atoms with Crippen LogP contribution in [0.25, 0.3) is 0 Å². The average molecular weight is 132 g/mol. The van der Waals surface area contributed by atoms with E-state index >= 15 is 0 Å². The zero-order valence-electron chi connectivity index (χ0n) is 5.08. The second-order valence-electron chi connectivity index (χ2n) is 1.09. The number of hydrazine groups is 1. The number of hydrogen-bond donors (Lipinski definition) is 2. The van der Waals surface area contributed by atoms with Crippen LogP contribution in [0.5, 0.6) is 0 Å². The molecular formula is C5H12N2O2. The van der Waals surface area contributed by atoms with Gasteiger partial charge in [-0.3, -0.25) is 11.7 Å². The predicted molar refractivity (Wildman–Crippen MR) is 36.2 cm³/mol. The SMILES string of the molecule is C1=CCOC=C1.NN.O. The summed E-state index contributed by atoms with van der Waals surface area (Å²) in [6, 6.07) is 0. The Morgan fingerprint density at radius 1 is 1.22 bits per heavy atom. The summed E-state index contributed by atoms with van der Waals surface area (Å²) in [5.41, 5.74) is 0. The molecule has 0 aliphatic carbocycles. The summed E-state index contributed by atoms with van der Waals surface area (Å²) in [6.07, 6.45) is 7.47. The van der Waals surface area contributed by atoms with Crippen LogP contribution in [0.15, 0.2) is 24.5 Å². The van der Waals surface area contributed by atoms with Crippen molar-refractivity contribution in [2.45, 2.75) is 0 Å². The molecule has 54 valence electrons. The zero-order chi connectivity index (χ0) is 6.24. The van der Waals surface area contributed by atoms with Gasteiger partial charge in [0.2, 0.25) is 0 Å². The highest BCUT2D eigenvalue weighted by atomic mass is 16.5. The maximum atomic E-state index is 4.80. The summed E-state index contributed by atoms with van der Waals surface area (Å²) < 4.78 is 4.80. The lowest BCUT2D eigenvalue weighted by molar-refractivity contribution is 0.286. The first-order chi connectivity index (χ1) is 4.00. The fraction of sp³-hybridized carbons (Fsp3) is 0.200. The Labute approximate surface area is 54.1 Å². The van der Waals surface area contributed by atoms with E-state index in [4.69, 9.17) is 4.74 Å². The molecule has 0 saturated carbocycles. The highest BCUT2D eigenvalue weighted by molar-refractivity contribution is 5.02. The van der Waals surface area contributed by atoms with E-state index in [0.29, 0.717) is 0 Å². The van der Waals surface area contributed by atoms with Crippen molar-refractivity contribution in [1.82, 2.24) is 0 Å². The molecule has 0 unspecified atom stereocenters. The first kappa shape index (κ1) is 11.0. The Bertz CT molecular complexity index is 79.0. The van der Waals surface area contributed by atoms with E-state index in [1.54, 1.807) is 6.26 Å². The van der Waals surface area contributed by atoms with E-state index in [2.05, 4.69) is 11.7 Å². The summed E-state index contributed by atoms with van der Waals surface area (Å²) in [6.45, 7) is 0.733. The molecule has 0 aromatic heterocycles. The van der Waals surface area contributed by atoms with Gasteiger partial charge in [-0.2, -0.15) is 0 Å². The van der Waals surface area contributed by atoms with Crippen molar-refractivity contribution in [3.05, 3.63) is 24.5 Å². The van der Waals surface area contributed by atoms with Gasteiger partial charge in [-0.15, -0.1) is 0 Å². The van der Waals surface area contributed by atoms with Crippen LogP contribution in [0.4, 0.5) is 0 Å². The molecule has 0 amide bonds. The summed E-state index contributed by atoms with van der Waals surface area (Å²) in [4.78, 5) is 0. The summed E-state index contributed by atoms with van der Waals surface area (Å²) in [5, 5.41) is 0. The van der Waals surface area contributed by atoms with E-state index in [9.17, 15) is 0 Å². The fourth-order valence-electron chi connectivity index (χ4n) is 0.346. The Hall–Kier alpha value is -0.840. The normalized spacial score (nSPS) is 12.2. The van der Waals surface area contributed by atoms with Gasteiger partial charge in [0.15, 0.2) is 0 Å². The lowest BCUT2D eigenvalue weighted by Crippen LogP contribution is -2.02.